The highest BCUT2D eigenvalue weighted by Gasteiger charge is 2.35. The van der Waals surface area contributed by atoms with Crippen molar-refractivity contribution in [2.75, 3.05) is 19.1 Å². The number of rotatable bonds is 7. The Morgan fingerprint density at radius 2 is 1.76 bits per heavy atom. The molecule has 0 unspecified atom stereocenters. The van der Waals surface area contributed by atoms with E-state index in [4.69, 9.17) is 26.4 Å². The normalized spacial score (nSPS) is 14.6. The second kappa shape index (κ2) is 10.1. The lowest BCUT2D eigenvalue weighted by molar-refractivity contribution is -0.113. The van der Waals surface area contributed by atoms with Crippen LogP contribution in [-0.4, -0.2) is 24.4 Å². The fraction of sp³-hybridized carbons (Fsp3) is 0.154. The van der Waals surface area contributed by atoms with Gasteiger partial charge in [0.1, 0.15) is 23.9 Å². The Balaban J connectivity index is 1.53. The molecular formula is C26H23NO4S2. The van der Waals surface area contributed by atoms with Crippen LogP contribution in [0.15, 0.2) is 71.6 Å². The van der Waals surface area contributed by atoms with E-state index in [9.17, 15) is 4.79 Å². The van der Waals surface area contributed by atoms with Crippen molar-refractivity contribution in [2.24, 2.45) is 0 Å². The Bertz CT molecular complexity index is 1220. The number of methoxy groups -OCH3 is 2. The minimum Gasteiger partial charge on any atom is -0.497 e. The van der Waals surface area contributed by atoms with Gasteiger partial charge in [-0.1, -0.05) is 65.9 Å². The molecule has 0 aromatic heterocycles. The first-order valence-corrected chi connectivity index (χ1v) is 11.5. The minimum atomic E-state index is -0.195. The zero-order chi connectivity index (χ0) is 23.4. The van der Waals surface area contributed by atoms with Gasteiger partial charge in [0.15, 0.2) is 4.32 Å². The number of hydrogen-bond acceptors (Lipinski definition) is 6. The first-order valence-electron chi connectivity index (χ1n) is 10.3. The van der Waals surface area contributed by atoms with Crippen LogP contribution in [0.3, 0.4) is 0 Å². The van der Waals surface area contributed by atoms with Crippen molar-refractivity contribution in [3.63, 3.8) is 0 Å². The molecule has 168 valence electrons. The molecule has 1 amide bonds. The zero-order valence-electron chi connectivity index (χ0n) is 18.5. The lowest BCUT2D eigenvalue weighted by Gasteiger charge is -2.18. The van der Waals surface area contributed by atoms with Crippen molar-refractivity contribution < 1.29 is 19.0 Å². The molecule has 0 spiro atoms. The smallest absolute Gasteiger partial charge is 0.270 e. The average Bonchev–Trinajstić information content (AvgIpc) is 3.10. The van der Waals surface area contributed by atoms with E-state index < -0.39 is 0 Å². The summed E-state index contributed by atoms with van der Waals surface area (Å²) in [5.74, 6) is 1.69. The van der Waals surface area contributed by atoms with Crippen LogP contribution in [0.4, 0.5) is 5.69 Å². The van der Waals surface area contributed by atoms with Gasteiger partial charge in [0, 0.05) is 6.07 Å². The monoisotopic (exact) mass is 477 g/mol. The van der Waals surface area contributed by atoms with Gasteiger partial charge in [0.05, 0.1) is 24.8 Å². The molecule has 0 saturated carbocycles. The molecule has 0 bridgehead atoms. The average molecular weight is 478 g/mol. The SMILES string of the molecule is COc1ccc(N2C(=O)/C(=C/c3cccc(OCc4ccc(C)cc4)c3)SC2=S)c(OC)c1. The molecule has 1 heterocycles. The van der Waals surface area contributed by atoms with Crippen molar-refractivity contribution in [1.29, 1.82) is 0 Å². The van der Waals surface area contributed by atoms with Crippen LogP contribution in [0, 0.1) is 6.92 Å². The molecule has 7 heteroatoms. The molecule has 1 aliphatic rings. The lowest BCUT2D eigenvalue weighted by atomic mass is 10.1. The third-order valence-corrected chi connectivity index (χ3v) is 6.41. The van der Waals surface area contributed by atoms with Crippen LogP contribution in [0.1, 0.15) is 16.7 Å². The van der Waals surface area contributed by atoms with E-state index in [0.29, 0.717) is 33.0 Å². The number of thioether (sulfide) groups is 1. The van der Waals surface area contributed by atoms with Crippen molar-refractivity contribution >= 4 is 46.0 Å². The van der Waals surface area contributed by atoms with E-state index in [2.05, 4.69) is 31.2 Å². The standard InChI is InChI=1S/C26H23NO4S2/c1-17-7-9-18(10-8-17)16-31-21-6-4-5-19(13-21)14-24-25(28)27(26(32)33-24)22-12-11-20(29-2)15-23(22)30-3/h4-15H,16H2,1-3H3/b24-14-. The molecule has 3 aromatic carbocycles. The molecule has 1 saturated heterocycles. The largest absolute Gasteiger partial charge is 0.497 e. The number of ether oxygens (including phenoxy) is 3. The van der Waals surface area contributed by atoms with E-state index in [-0.39, 0.29) is 5.91 Å². The molecule has 1 aliphatic heterocycles. The first-order chi connectivity index (χ1) is 16.0. The number of carbonyl (C=O) groups is 1. The summed E-state index contributed by atoms with van der Waals surface area (Å²) in [4.78, 5) is 15.2. The topological polar surface area (TPSA) is 48.0 Å². The number of benzene rings is 3. The quantitative estimate of drug-likeness (QED) is 0.307. The first kappa shape index (κ1) is 22.9. The maximum absolute atomic E-state index is 13.2. The summed E-state index contributed by atoms with van der Waals surface area (Å²) >= 11 is 6.77. The molecule has 0 aliphatic carbocycles. The van der Waals surface area contributed by atoms with E-state index in [1.807, 2.05) is 30.3 Å². The van der Waals surface area contributed by atoms with Crippen molar-refractivity contribution in [3.8, 4) is 17.2 Å². The third-order valence-electron chi connectivity index (χ3n) is 5.10. The summed E-state index contributed by atoms with van der Waals surface area (Å²) in [6, 6.07) is 21.2. The van der Waals surface area contributed by atoms with E-state index >= 15 is 0 Å². The molecule has 0 radical (unpaired) electrons. The van der Waals surface area contributed by atoms with Gasteiger partial charge in [0.25, 0.3) is 5.91 Å². The van der Waals surface area contributed by atoms with E-state index in [1.54, 1.807) is 32.4 Å². The Morgan fingerprint density at radius 1 is 0.970 bits per heavy atom. The van der Waals surface area contributed by atoms with Crippen LogP contribution in [0.25, 0.3) is 6.08 Å². The van der Waals surface area contributed by atoms with Gasteiger partial charge in [-0.3, -0.25) is 9.69 Å². The molecule has 33 heavy (non-hydrogen) atoms. The summed E-state index contributed by atoms with van der Waals surface area (Å²) in [6.07, 6.45) is 1.83. The van der Waals surface area contributed by atoms with Crippen LogP contribution >= 0.6 is 24.0 Å². The second-order valence-corrected chi connectivity index (χ2v) is 9.08. The number of thiocarbonyl (C=S) groups is 1. The molecule has 0 atom stereocenters. The van der Waals surface area contributed by atoms with Gasteiger partial charge in [0.2, 0.25) is 0 Å². The molecule has 1 fully saturated rings. The fourth-order valence-corrected chi connectivity index (χ4v) is 4.63. The third kappa shape index (κ3) is 5.21. The highest BCUT2D eigenvalue weighted by atomic mass is 32.2. The molecule has 0 N–H and O–H groups in total. The number of amides is 1. The van der Waals surface area contributed by atoms with Gasteiger partial charge < -0.3 is 14.2 Å². The number of aryl methyl sites for hydroxylation is 1. The summed E-state index contributed by atoms with van der Waals surface area (Å²) in [5, 5.41) is 0. The Kier molecular flexibility index (Phi) is 7.01. The van der Waals surface area contributed by atoms with Gasteiger partial charge in [-0.05, 0) is 48.4 Å². The fourth-order valence-electron chi connectivity index (χ4n) is 3.34. The maximum atomic E-state index is 13.2. The summed E-state index contributed by atoms with van der Waals surface area (Å²) < 4.78 is 17.1. The second-order valence-electron chi connectivity index (χ2n) is 7.40. The predicted molar refractivity (Wildman–Crippen MR) is 137 cm³/mol. The van der Waals surface area contributed by atoms with Crippen molar-refractivity contribution in [1.82, 2.24) is 0 Å². The van der Waals surface area contributed by atoms with Crippen LogP contribution in [0.2, 0.25) is 0 Å². The Hall–Kier alpha value is -3.29. The van der Waals surface area contributed by atoms with E-state index in [0.717, 1.165) is 16.9 Å². The molecule has 5 nitrogen and oxygen atoms in total. The van der Waals surface area contributed by atoms with Crippen molar-refractivity contribution in [3.05, 3.63) is 88.3 Å². The van der Waals surface area contributed by atoms with E-state index in [1.165, 1.54) is 22.2 Å². The number of hydrogen-bond donors (Lipinski definition) is 0. The van der Waals surface area contributed by atoms with Crippen molar-refractivity contribution in [2.45, 2.75) is 13.5 Å². The molecule has 3 aromatic rings. The van der Waals surface area contributed by atoms with Crippen LogP contribution < -0.4 is 19.1 Å². The molecular weight excluding hydrogens is 454 g/mol. The summed E-state index contributed by atoms with van der Waals surface area (Å²) in [5.41, 5.74) is 3.75. The maximum Gasteiger partial charge on any atom is 0.270 e. The Labute approximate surface area is 203 Å². The highest BCUT2D eigenvalue weighted by Crippen LogP contribution is 2.41. The van der Waals surface area contributed by atoms with Crippen LogP contribution in [0.5, 0.6) is 17.2 Å². The highest BCUT2D eigenvalue weighted by molar-refractivity contribution is 8.27. The number of carbonyl (C=O) groups excluding carboxylic acids is 1. The zero-order valence-corrected chi connectivity index (χ0v) is 20.2. The summed E-state index contributed by atoms with van der Waals surface area (Å²) in [6.45, 7) is 2.53. The van der Waals surface area contributed by atoms with Crippen LogP contribution in [-0.2, 0) is 11.4 Å². The predicted octanol–water partition coefficient (Wildman–Crippen LogP) is 6.00. The van der Waals surface area contributed by atoms with Gasteiger partial charge in [-0.15, -0.1) is 0 Å². The summed E-state index contributed by atoms with van der Waals surface area (Å²) in [7, 11) is 3.13. The lowest BCUT2D eigenvalue weighted by Crippen LogP contribution is -2.27. The number of anilines is 1. The molecule has 4 rings (SSSR count). The van der Waals surface area contributed by atoms with Gasteiger partial charge in [-0.25, -0.2) is 0 Å². The van der Waals surface area contributed by atoms with Gasteiger partial charge >= 0.3 is 0 Å². The van der Waals surface area contributed by atoms with Gasteiger partial charge in [-0.2, -0.15) is 0 Å². The Morgan fingerprint density at radius 3 is 2.48 bits per heavy atom. The number of nitrogens with zero attached hydrogens (tertiary/aromatic N) is 1. The minimum absolute atomic E-state index is 0.195.